The summed E-state index contributed by atoms with van der Waals surface area (Å²) in [5.74, 6) is 1.24. The van der Waals surface area contributed by atoms with Crippen molar-refractivity contribution in [2.75, 3.05) is 19.6 Å². The number of amides is 2. The van der Waals surface area contributed by atoms with E-state index in [0.717, 1.165) is 50.2 Å². The van der Waals surface area contributed by atoms with Gasteiger partial charge in [0.25, 0.3) is 0 Å². The average molecular weight is 526 g/mol. The summed E-state index contributed by atoms with van der Waals surface area (Å²) in [6.45, 7) is 4.80. The number of imidazole rings is 1. The molecule has 5 heterocycles. The Morgan fingerprint density at radius 3 is 2.38 bits per heavy atom. The smallest absolute Gasteiger partial charge is 0.245 e. The molecule has 4 aliphatic heterocycles. The van der Waals surface area contributed by atoms with Crippen LogP contribution in [-0.2, 0) is 15.0 Å². The lowest BCUT2D eigenvalue weighted by Crippen LogP contribution is -2.61. The number of likely N-dealkylation sites (tertiary alicyclic amines) is 1. The Balaban J connectivity index is 1.03. The SMILES string of the molecule is Cc1nc2ccccc2n1C1CC2CC(C1)N2CCC1(c2ccccc2)CCN(C(=O)C2CCC(=O)N2)CC1. The molecule has 39 heavy (non-hydrogen) atoms. The van der Waals surface area contributed by atoms with Crippen LogP contribution in [0.2, 0.25) is 0 Å². The normalized spacial score (nSPS) is 28.3. The number of carbonyl (C=O) groups is 2. The first-order valence-corrected chi connectivity index (χ1v) is 14.8. The zero-order chi connectivity index (χ0) is 26.6. The number of para-hydroxylation sites is 2. The summed E-state index contributed by atoms with van der Waals surface area (Å²) in [5.41, 5.74) is 3.89. The van der Waals surface area contributed by atoms with Crippen molar-refractivity contribution in [1.29, 1.82) is 0 Å². The Morgan fingerprint density at radius 2 is 1.67 bits per heavy atom. The van der Waals surface area contributed by atoms with Crippen LogP contribution in [0.4, 0.5) is 0 Å². The molecule has 3 aromatic rings. The van der Waals surface area contributed by atoms with Crippen LogP contribution in [0, 0.1) is 6.92 Å². The van der Waals surface area contributed by atoms with Gasteiger partial charge in [-0.25, -0.2) is 4.98 Å². The third-order valence-corrected chi connectivity index (χ3v) is 10.3. The van der Waals surface area contributed by atoms with E-state index < -0.39 is 0 Å². The zero-order valence-electron chi connectivity index (χ0n) is 22.9. The molecule has 0 radical (unpaired) electrons. The van der Waals surface area contributed by atoms with Crippen LogP contribution in [0.15, 0.2) is 54.6 Å². The monoisotopic (exact) mass is 525 g/mol. The van der Waals surface area contributed by atoms with E-state index in [0.29, 0.717) is 31.0 Å². The molecule has 5 aliphatic rings. The maximum atomic E-state index is 13.1. The lowest BCUT2D eigenvalue weighted by atomic mass is 9.69. The van der Waals surface area contributed by atoms with Crippen molar-refractivity contribution in [3.63, 3.8) is 0 Å². The van der Waals surface area contributed by atoms with Gasteiger partial charge >= 0.3 is 0 Å². The van der Waals surface area contributed by atoms with Crippen LogP contribution in [0.25, 0.3) is 11.0 Å². The number of hydrogen-bond donors (Lipinski definition) is 1. The van der Waals surface area contributed by atoms with Crippen LogP contribution < -0.4 is 5.32 Å². The fourth-order valence-electron chi connectivity index (χ4n) is 8.13. The maximum absolute atomic E-state index is 13.1. The van der Waals surface area contributed by atoms with Crippen molar-refractivity contribution >= 4 is 22.8 Å². The molecule has 204 valence electrons. The Bertz CT molecular complexity index is 1360. The minimum absolute atomic E-state index is 0.00251. The summed E-state index contributed by atoms with van der Waals surface area (Å²) >= 11 is 0. The van der Waals surface area contributed by atoms with Gasteiger partial charge in [0.05, 0.1) is 11.0 Å². The van der Waals surface area contributed by atoms with E-state index in [4.69, 9.17) is 4.98 Å². The van der Waals surface area contributed by atoms with E-state index in [2.05, 4.69) is 76.3 Å². The van der Waals surface area contributed by atoms with Crippen molar-refractivity contribution < 1.29 is 9.59 Å². The molecule has 8 rings (SSSR count). The third-order valence-electron chi connectivity index (χ3n) is 10.3. The molecule has 1 N–H and O–H groups in total. The average Bonchev–Trinajstić information content (AvgIpc) is 3.55. The highest BCUT2D eigenvalue weighted by atomic mass is 16.2. The Kier molecular flexibility index (Phi) is 6.22. The molecular weight excluding hydrogens is 486 g/mol. The largest absolute Gasteiger partial charge is 0.344 e. The van der Waals surface area contributed by atoms with Crippen LogP contribution in [-0.4, -0.2) is 68.9 Å². The van der Waals surface area contributed by atoms with Crippen molar-refractivity contribution in [3.05, 3.63) is 66.0 Å². The van der Waals surface area contributed by atoms with Gasteiger partial charge in [0, 0.05) is 37.6 Å². The molecule has 0 spiro atoms. The number of fused-ring (bicyclic) bond motifs is 3. The number of rotatable bonds is 6. The minimum atomic E-state index is -0.327. The second-order valence-corrected chi connectivity index (χ2v) is 12.3. The lowest BCUT2D eigenvalue weighted by Gasteiger charge is -2.57. The number of aromatic nitrogens is 2. The van der Waals surface area contributed by atoms with Crippen LogP contribution >= 0.6 is 0 Å². The number of carbonyl (C=O) groups excluding carboxylic acids is 2. The molecule has 3 atom stereocenters. The maximum Gasteiger partial charge on any atom is 0.245 e. The van der Waals surface area contributed by atoms with Crippen molar-refractivity contribution in [2.45, 2.75) is 87.9 Å². The molecule has 3 unspecified atom stereocenters. The van der Waals surface area contributed by atoms with Gasteiger partial charge in [-0.1, -0.05) is 42.5 Å². The predicted octanol–water partition coefficient (Wildman–Crippen LogP) is 4.35. The molecule has 2 amide bonds. The highest BCUT2D eigenvalue weighted by Crippen LogP contribution is 2.46. The summed E-state index contributed by atoms with van der Waals surface area (Å²) in [4.78, 5) is 34.4. The summed E-state index contributed by atoms with van der Waals surface area (Å²) in [5, 5.41) is 2.87. The van der Waals surface area contributed by atoms with Crippen molar-refractivity contribution in [3.8, 4) is 0 Å². The second kappa shape index (κ2) is 9.77. The highest BCUT2D eigenvalue weighted by molar-refractivity contribution is 5.90. The van der Waals surface area contributed by atoms with Gasteiger partial charge in [-0.15, -0.1) is 0 Å². The number of nitrogens with zero attached hydrogens (tertiary/aromatic N) is 4. The first-order chi connectivity index (χ1) is 19.0. The Hall–Kier alpha value is -3.19. The van der Waals surface area contributed by atoms with E-state index in [-0.39, 0.29) is 23.3 Å². The van der Waals surface area contributed by atoms with Gasteiger partial charge in [0.2, 0.25) is 11.8 Å². The fraction of sp³-hybridized carbons (Fsp3) is 0.531. The van der Waals surface area contributed by atoms with Gasteiger partial charge in [-0.2, -0.15) is 0 Å². The first-order valence-electron chi connectivity index (χ1n) is 14.8. The Morgan fingerprint density at radius 1 is 0.974 bits per heavy atom. The summed E-state index contributed by atoms with van der Waals surface area (Å²) in [7, 11) is 0. The molecule has 5 fully saturated rings. The summed E-state index contributed by atoms with van der Waals surface area (Å²) < 4.78 is 2.50. The number of benzene rings is 2. The topological polar surface area (TPSA) is 70.5 Å². The molecule has 1 aromatic heterocycles. The van der Waals surface area contributed by atoms with Crippen LogP contribution in [0.3, 0.4) is 0 Å². The molecule has 4 saturated heterocycles. The van der Waals surface area contributed by atoms with Gasteiger partial charge in [-0.3, -0.25) is 14.5 Å². The van der Waals surface area contributed by atoms with E-state index in [1.807, 2.05) is 4.90 Å². The summed E-state index contributed by atoms with van der Waals surface area (Å²) in [6.07, 6.45) is 7.90. The van der Waals surface area contributed by atoms with Crippen LogP contribution in [0.5, 0.6) is 0 Å². The molecule has 2 bridgehead atoms. The number of nitrogens with one attached hydrogen (secondary N) is 1. The molecule has 2 aromatic carbocycles. The lowest BCUT2D eigenvalue weighted by molar-refractivity contribution is -0.136. The first kappa shape index (κ1) is 24.8. The van der Waals surface area contributed by atoms with Crippen LogP contribution in [0.1, 0.15) is 68.8 Å². The third kappa shape index (κ3) is 4.35. The quantitative estimate of drug-likeness (QED) is 0.520. The molecule has 1 saturated carbocycles. The van der Waals surface area contributed by atoms with E-state index in [1.54, 1.807) is 0 Å². The summed E-state index contributed by atoms with van der Waals surface area (Å²) in [6, 6.07) is 21.0. The highest BCUT2D eigenvalue weighted by Gasteiger charge is 2.47. The molecule has 7 heteroatoms. The van der Waals surface area contributed by atoms with Gasteiger partial charge < -0.3 is 14.8 Å². The molecule has 7 nitrogen and oxygen atoms in total. The molecular formula is C32H39N5O2. The van der Waals surface area contributed by atoms with E-state index in [9.17, 15) is 9.59 Å². The predicted molar refractivity (Wildman–Crippen MR) is 151 cm³/mol. The van der Waals surface area contributed by atoms with E-state index >= 15 is 0 Å². The molecule has 1 aliphatic carbocycles. The van der Waals surface area contributed by atoms with Crippen molar-refractivity contribution in [2.24, 2.45) is 0 Å². The zero-order valence-corrected chi connectivity index (χ0v) is 22.9. The fourth-order valence-corrected chi connectivity index (χ4v) is 8.13. The number of piperidine rings is 2. The Labute approximate surface area is 230 Å². The minimum Gasteiger partial charge on any atom is -0.344 e. The van der Waals surface area contributed by atoms with Gasteiger partial charge in [-0.05, 0) is 81.5 Å². The number of aryl methyl sites for hydroxylation is 1. The van der Waals surface area contributed by atoms with Gasteiger partial charge in [0.15, 0.2) is 0 Å². The second-order valence-electron chi connectivity index (χ2n) is 12.3. The van der Waals surface area contributed by atoms with Crippen molar-refractivity contribution in [1.82, 2.24) is 24.7 Å². The number of hydrogen-bond acceptors (Lipinski definition) is 4. The standard InChI is InChI=1S/C32H39N5O2/c1-22-33-27-9-5-6-10-29(27)37(22)26-20-24-19-25(21-26)36(24)18-15-32(23-7-3-2-4-8-23)13-16-35(17-14-32)31(39)28-11-12-30(38)34-28/h2-10,24-26,28H,11-21H2,1H3,(H,34,38). The van der Waals surface area contributed by atoms with E-state index in [1.165, 1.54) is 30.3 Å². The van der Waals surface area contributed by atoms with Gasteiger partial charge in [0.1, 0.15) is 11.9 Å².